The highest BCUT2D eigenvalue weighted by Gasteiger charge is 2.16. The number of carbonyl (C=O) groups is 1. The lowest BCUT2D eigenvalue weighted by Crippen LogP contribution is -2.14. The Bertz CT molecular complexity index is 1320. The van der Waals surface area contributed by atoms with Gasteiger partial charge in [0, 0.05) is 39.6 Å². The standard InChI is InChI=1S/C23H18Cl2FN5OS2/c1-2-9-31-21(14-3-6-17(26)7-4-14)29-30-23(31)33-13-20(32)28-22-27-12-18(34-22)11-15-10-16(24)5-8-19(15)25/h2-8,10,12H,1,9,11,13H2,(H,27,28,32). The summed E-state index contributed by atoms with van der Waals surface area (Å²) in [6.45, 7) is 4.22. The van der Waals surface area contributed by atoms with Crippen molar-refractivity contribution in [2.45, 2.75) is 18.1 Å². The van der Waals surface area contributed by atoms with Crippen LogP contribution in [0.5, 0.6) is 0 Å². The minimum absolute atomic E-state index is 0.119. The molecule has 0 aliphatic heterocycles. The summed E-state index contributed by atoms with van der Waals surface area (Å²) in [7, 11) is 0. The Kier molecular flexibility index (Phi) is 7.99. The van der Waals surface area contributed by atoms with Crippen LogP contribution in [0.4, 0.5) is 9.52 Å². The molecule has 1 N–H and O–H groups in total. The number of allylic oxidation sites excluding steroid dienone is 1. The molecule has 0 unspecified atom stereocenters. The number of carbonyl (C=O) groups excluding carboxylic acids is 1. The Labute approximate surface area is 213 Å². The van der Waals surface area contributed by atoms with Gasteiger partial charge in [-0.1, -0.05) is 41.0 Å². The highest BCUT2D eigenvalue weighted by Crippen LogP contribution is 2.28. The third-order valence-corrected chi connectivity index (χ3v) is 7.12. The number of halogens is 3. The highest BCUT2D eigenvalue weighted by molar-refractivity contribution is 7.99. The molecular weight excluding hydrogens is 516 g/mol. The molecule has 2 aromatic carbocycles. The topological polar surface area (TPSA) is 72.7 Å². The second-order valence-corrected chi connectivity index (χ2v) is 9.99. The van der Waals surface area contributed by atoms with Crippen molar-refractivity contribution in [3.63, 3.8) is 0 Å². The largest absolute Gasteiger partial charge is 0.301 e. The fourth-order valence-corrected chi connectivity index (χ4v) is 5.08. The van der Waals surface area contributed by atoms with Crippen molar-refractivity contribution in [1.29, 1.82) is 0 Å². The van der Waals surface area contributed by atoms with Crippen LogP contribution in [0.1, 0.15) is 10.4 Å². The number of thioether (sulfide) groups is 1. The van der Waals surface area contributed by atoms with Gasteiger partial charge in [0.2, 0.25) is 5.91 Å². The van der Waals surface area contributed by atoms with E-state index in [9.17, 15) is 9.18 Å². The third kappa shape index (κ3) is 6.04. The number of amides is 1. The van der Waals surface area contributed by atoms with Gasteiger partial charge in [0.15, 0.2) is 16.1 Å². The van der Waals surface area contributed by atoms with Crippen LogP contribution in [-0.4, -0.2) is 31.4 Å². The lowest BCUT2D eigenvalue weighted by molar-refractivity contribution is -0.113. The second-order valence-electron chi connectivity index (χ2n) is 7.09. The highest BCUT2D eigenvalue weighted by atomic mass is 35.5. The first kappa shape index (κ1) is 24.4. The molecule has 4 rings (SSSR count). The van der Waals surface area contributed by atoms with Gasteiger partial charge in [-0.05, 0) is 48.0 Å². The molecule has 174 valence electrons. The Morgan fingerprint density at radius 1 is 1.21 bits per heavy atom. The number of anilines is 1. The molecule has 0 fully saturated rings. The first-order valence-electron chi connectivity index (χ1n) is 10.0. The van der Waals surface area contributed by atoms with Crippen LogP contribution in [0.2, 0.25) is 10.0 Å². The van der Waals surface area contributed by atoms with E-state index >= 15 is 0 Å². The first-order valence-corrected chi connectivity index (χ1v) is 12.6. The maximum absolute atomic E-state index is 13.3. The molecule has 2 heterocycles. The second kappa shape index (κ2) is 11.1. The van der Waals surface area contributed by atoms with Gasteiger partial charge in [0.05, 0.1) is 5.75 Å². The van der Waals surface area contributed by atoms with Crippen LogP contribution in [0.25, 0.3) is 11.4 Å². The number of aromatic nitrogens is 4. The van der Waals surface area contributed by atoms with E-state index in [0.29, 0.717) is 39.1 Å². The van der Waals surface area contributed by atoms with E-state index in [-0.39, 0.29) is 17.5 Å². The molecule has 0 radical (unpaired) electrons. The Balaban J connectivity index is 1.38. The van der Waals surface area contributed by atoms with Crippen molar-refractivity contribution >= 4 is 57.3 Å². The van der Waals surface area contributed by atoms with Crippen molar-refractivity contribution in [3.05, 3.63) is 87.6 Å². The van der Waals surface area contributed by atoms with Crippen LogP contribution in [-0.2, 0) is 17.8 Å². The molecule has 0 bridgehead atoms. The van der Waals surface area contributed by atoms with Gasteiger partial charge >= 0.3 is 0 Å². The average molecular weight is 534 g/mol. The van der Waals surface area contributed by atoms with Gasteiger partial charge in [-0.2, -0.15) is 0 Å². The number of nitrogens with zero attached hydrogens (tertiary/aromatic N) is 4. The van der Waals surface area contributed by atoms with Gasteiger partial charge in [-0.3, -0.25) is 9.36 Å². The zero-order valence-electron chi connectivity index (χ0n) is 17.7. The predicted octanol–water partition coefficient (Wildman–Crippen LogP) is 6.36. The van der Waals surface area contributed by atoms with Gasteiger partial charge in [0.1, 0.15) is 5.82 Å². The van der Waals surface area contributed by atoms with Crippen molar-refractivity contribution in [3.8, 4) is 11.4 Å². The zero-order chi connectivity index (χ0) is 24.1. The van der Waals surface area contributed by atoms with E-state index in [0.717, 1.165) is 16.0 Å². The number of benzene rings is 2. The number of rotatable bonds is 9. The van der Waals surface area contributed by atoms with E-state index in [1.807, 2.05) is 10.6 Å². The molecule has 0 atom stereocenters. The van der Waals surface area contributed by atoms with E-state index in [4.69, 9.17) is 23.2 Å². The molecule has 0 spiro atoms. The zero-order valence-corrected chi connectivity index (χ0v) is 20.8. The summed E-state index contributed by atoms with van der Waals surface area (Å²) in [5.41, 5.74) is 1.62. The molecule has 0 aliphatic carbocycles. The summed E-state index contributed by atoms with van der Waals surface area (Å²) in [6.07, 6.45) is 3.99. The van der Waals surface area contributed by atoms with Crippen LogP contribution in [0, 0.1) is 5.82 Å². The summed E-state index contributed by atoms with van der Waals surface area (Å²) in [4.78, 5) is 17.7. The first-order chi connectivity index (χ1) is 16.4. The molecular formula is C23H18Cl2FN5OS2. The van der Waals surface area contributed by atoms with Gasteiger partial charge in [-0.25, -0.2) is 9.37 Å². The number of thiazole rings is 1. The fraction of sp³-hybridized carbons (Fsp3) is 0.130. The number of hydrogen-bond donors (Lipinski definition) is 1. The smallest absolute Gasteiger partial charge is 0.236 e. The van der Waals surface area contributed by atoms with E-state index in [2.05, 4.69) is 27.1 Å². The molecule has 0 saturated carbocycles. The summed E-state index contributed by atoms with van der Waals surface area (Å²) in [6, 6.07) is 11.3. The molecule has 4 aromatic rings. The SMILES string of the molecule is C=CCn1c(SCC(=O)Nc2ncc(Cc3cc(Cl)ccc3Cl)s2)nnc1-c1ccc(F)cc1. The summed E-state index contributed by atoms with van der Waals surface area (Å²) in [5.74, 6) is 0.148. The Morgan fingerprint density at radius 2 is 2.00 bits per heavy atom. The van der Waals surface area contributed by atoms with Crippen molar-refractivity contribution in [2.24, 2.45) is 0 Å². The summed E-state index contributed by atoms with van der Waals surface area (Å²) in [5, 5.41) is 13.5. The normalized spacial score (nSPS) is 10.9. The fourth-order valence-electron chi connectivity index (χ4n) is 3.10. The van der Waals surface area contributed by atoms with Gasteiger partial charge in [0.25, 0.3) is 0 Å². The van der Waals surface area contributed by atoms with E-state index in [1.165, 1.54) is 35.2 Å². The minimum atomic E-state index is -0.328. The van der Waals surface area contributed by atoms with Crippen LogP contribution >= 0.6 is 46.3 Å². The average Bonchev–Trinajstić information content (AvgIpc) is 3.42. The Morgan fingerprint density at radius 3 is 2.76 bits per heavy atom. The molecule has 0 aliphatic rings. The number of nitrogens with one attached hydrogen (secondary N) is 1. The lowest BCUT2D eigenvalue weighted by Gasteiger charge is -2.07. The summed E-state index contributed by atoms with van der Waals surface area (Å²) >= 11 is 14.9. The van der Waals surface area contributed by atoms with E-state index < -0.39 is 0 Å². The molecule has 1 amide bonds. The lowest BCUT2D eigenvalue weighted by atomic mass is 10.1. The van der Waals surface area contributed by atoms with Crippen LogP contribution in [0.15, 0.2) is 66.5 Å². The molecule has 11 heteroatoms. The van der Waals surface area contributed by atoms with Crippen molar-refractivity contribution < 1.29 is 9.18 Å². The third-order valence-electron chi connectivity index (χ3n) is 4.64. The minimum Gasteiger partial charge on any atom is -0.301 e. The molecule has 34 heavy (non-hydrogen) atoms. The summed E-state index contributed by atoms with van der Waals surface area (Å²) < 4.78 is 15.1. The Hall–Kier alpha value is -2.72. The van der Waals surface area contributed by atoms with Gasteiger partial charge in [-0.15, -0.1) is 28.1 Å². The van der Waals surface area contributed by atoms with Crippen molar-refractivity contribution in [2.75, 3.05) is 11.1 Å². The number of hydrogen-bond acceptors (Lipinski definition) is 6. The maximum Gasteiger partial charge on any atom is 0.236 e. The molecule has 0 saturated heterocycles. The predicted molar refractivity (Wildman–Crippen MR) is 136 cm³/mol. The van der Waals surface area contributed by atoms with Gasteiger partial charge < -0.3 is 5.32 Å². The maximum atomic E-state index is 13.3. The van der Waals surface area contributed by atoms with Crippen molar-refractivity contribution in [1.82, 2.24) is 19.7 Å². The van der Waals surface area contributed by atoms with E-state index in [1.54, 1.807) is 36.5 Å². The molecule has 2 aromatic heterocycles. The monoisotopic (exact) mass is 533 g/mol. The quantitative estimate of drug-likeness (QED) is 0.200. The molecule has 6 nitrogen and oxygen atoms in total. The van der Waals surface area contributed by atoms with Crippen LogP contribution in [0.3, 0.4) is 0 Å². The van der Waals surface area contributed by atoms with Crippen LogP contribution < -0.4 is 5.32 Å².